The van der Waals surface area contributed by atoms with Crippen LogP contribution < -0.4 is 5.32 Å². The maximum Gasteiger partial charge on any atom is 0.234 e. The summed E-state index contributed by atoms with van der Waals surface area (Å²) < 4.78 is 18.8. The number of hydrogen-bond donors (Lipinski definition) is 1. The molecule has 1 atom stereocenters. The van der Waals surface area contributed by atoms with Gasteiger partial charge in [0.05, 0.1) is 19.3 Å². The molecule has 1 unspecified atom stereocenters. The molecule has 1 amide bonds. The number of ether oxygens (including phenoxy) is 1. The average Bonchev–Trinajstić information content (AvgIpc) is 2.69. The van der Waals surface area contributed by atoms with Crippen molar-refractivity contribution in [2.24, 2.45) is 11.8 Å². The molecule has 2 saturated heterocycles. The van der Waals surface area contributed by atoms with Gasteiger partial charge in [-0.2, -0.15) is 0 Å². The van der Waals surface area contributed by atoms with Crippen LogP contribution in [0.2, 0.25) is 0 Å². The van der Waals surface area contributed by atoms with Gasteiger partial charge in [-0.25, -0.2) is 4.39 Å². The monoisotopic (exact) mass is 405 g/mol. The fourth-order valence-electron chi connectivity index (χ4n) is 4.38. The Morgan fingerprint density at radius 1 is 1.17 bits per heavy atom. The van der Waals surface area contributed by atoms with E-state index in [0.717, 1.165) is 58.6 Å². The predicted octanol–water partition coefficient (Wildman–Crippen LogP) is 2.55. The number of amides is 1. The Bertz CT molecular complexity index is 630. The zero-order chi connectivity index (χ0) is 20.6. The lowest BCUT2D eigenvalue weighted by atomic mass is 9.90. The predicted molar refractivity (Wildman–Crippen MR) is 113 cm³/mol. The summed E-state index contributed by atoms with van der Waals surface area (Å²) in [7, 11) is 0. The minimum absolute atomic E-state index is 0.0894. The normalized spacial score (nSPS) is 22.1. The maximum absolute atomic E-state index is 13.0. The highest BCUT2D eigenvalue weighted by Gasteiger charge is 2.23. The summed E-state index contributed by atoms with van der Waals surface area (Å²) in [6.07, 6.45) is 3.25. The lowest BCUT2D eigenvalue weighted by Gasteiger charge is -2.34. The summed E-state index contributed by atoms with van der Waals surface area (Å²) in [5, 5.41) is 3.06. The van der Waals surface area contributed by atoms with Crippen molar-refractivity contribution in [3.05, 3.63) is 35.6 Å². The largest absolute Gasteiger partial charge is 0.374 e. The summed E-state index contributed by atoms with van der Waals surface area (Å²) in [6.45, 7) is 11.1. The van der Waals surface area contributed by atoms with E-state index in [0.29, 0.717) is 24.9 Å². The van der Waals surface area contributed by atoms with Crippen LogP contribution in [0.4, 0.5) is 4.39 Å². The number of carbonyl (C=O) groups excluding carboxylic acids is 1. The van der Waals surface area contributed by atoms with Gasteiger partial charge >= 0.3 is 0 Å². The molecule has 29 heavy (non-hydrogen) atoms. The topological polar surface area (TPSA) is 44.8 Å². The quantitative estimate of drug-likeness (QED) is 0.722. The van der Waals surface area contributed by atoms with Gasteiger partial charge in [0.1, 0.15) is 5.82 Å². The molecule has 0 saturated carbocycles. The van der Waals surface area contributed by atoms with Gasteiger partial charge in [-0.3, -0.25) is 14.6 Å². The fraction of sp³-hybridized carbons (Fsp3) is 0.696. The van der Waals surface area contributed by atoms with Gasteiger partial charge in [0.2, 0.25) is 5.91 Å². The highest BCUT2D eigenvalue weighted by molar-refractivity contribution is 5.78. The van der Waals surface area contributed by atoms with E-state index >= 15 is 0 Å². The van der Waals surface area contributed by atoms with Crippen molar-refractivity contribution >= 4 is 5.91 Å². The zero-order valence-electron chi connectivity index (χ0n) is 17.9. The van der Waals surface area contributed by atoms with Crippen LogP contribution >= 0.6 is 0 Å². The van der Waals surface area contributed by atoms with Crippen molar-refractivity contribution in [2.45, 2.75) is 39.2 Å². The van der Waals surface area contributed by atoms with E-state index in [1.807, 2.05) is 12.1 Å². The molecule has 1 N–H and O–H groups in total. The molecule has 0 aliphatic carbocycles. The molecular formula is C23H36FN3O2. The third-order valence-corrected chi connectivity index (χ3v) is 5.89. The molecule has 2 aliphatic rings. The second-order valence-corrected chi connectivity index (χ2v) is 9.00. The number of benzene rings is 1. The van der Waals surface area contributed by atoms with E-state index in [-0.39, 0.29) is 17.8 Å². The standard InChI is InChI=1S/C23H36FN3O2/c1-18(2)15-27-11-12-29-22(16-27)14-25-23(28)17-26-9-7-20(8-10-26)13-19-3-5-21(24)6-4-19/h3-6,18,20,22H,7-17H2,1-2H3,(H,25,28). The number of likely N-dealkylation sites (tertiary alicyclic amines) is 1. The summed E-state index contributed by atoms with van der Waals surface area (Å²) >= 11 is 0. The molecule has 0 radical (unpaired) electrons. The van der Waals surface area contributed by atoms with Crippen LogP contribution in [-0.4, -0.2) is 74.2 Å². The first kappa shape index (κ1) is 22.2. The molecule has 162 valence electrons. The number of rotatable bonds is 8. The first-order valence-corrected chi connectivity index (χ1v) is 11.1. The van der Waals surface area contributed by atoms with E-state index in [1.54, 1.807) is 0 Å². The molecule has 2 heterocycles. The molecule has 2 aliphatic heterocycles. The summed E-state index contributed by atoms with van der Waals surface area (Å²) in [4.78, 5) is 17.0. The zero-order valence-corrected chi connectivity index (χ0v) is 17.9. The number of hydrogen-bond acceptors (Lipinski definition) is 4. The van der Waals surface area contributed by atoms with E-state index in [9.17, 15) is 9.18 Å². The Labute approximate surface area is 174 Å². The van der Waals surface area contributed by atoms with Crippen molar-refractivity contribution in [1.29, 1.82) is 0 Å². The summed E-state index contributed by atoms with van der Waals surface area (Å²) in [5.41, 5.74) is 1.20. The molecule has 2 fully saturated rings. The van der Waals surface area contributed by atoms with E-state index in [4.69, 9.17) is 4.74 Å². The molecule has 0 spiro atoms. The van der Waals surface area contributed by atoms with Gasteiger partial charge in [0.15, 0.2) is 0 Å². The van der Waals surface area contributed by atoms with Crippen LogP contribution in [0.5, 0.6) is 0 Å². The van der Waals surface area contributed by atoms with Crippen LogP contribution in [0, 0.1) is 17.7 Å². The van der Waals surface area contributed by atoms with Gasteiger partial charge in [0.25, 0.3) is 0 Å². The number of nitrogens with one attached hydrogen (secondary N) is 1. The van der Waals surface area contributed by atoms with Crippen molar-refractivity contribution < 1.29 is 13.9 Å². The molecule has 0 aromatic heterocycles. The van der Waals surface area contributed by atoms with Crippen molar-refractivity contribution in [1.82, 2.24) is 15.1 Å². The van der Waals surface area contributed by atoms with Gasteiger partial charge in [0, 0.05) is 26.2 Å². The molecule has 3 rings (SSSR count). The van der Waals surface area contributed by atoms with Crippen molar-refractivity contribution in [3.63, 3.8) is 0 Å². The average molecular weight is 406 g/mol. The molecule has 1 aromatic carbocycles. The van der Waals surface area contributed by atoms with Gasteiger partial charge in [-0.1, -0.05) is 26.0 Å². The minimum Gasteiger partial charge on any atom is -0.374 e. The Morgan fingerprint density at radius 2 is 1.90 bits per heavy atom. The lowest BCUT2D eigenvalue weighted by Crippen LogP contribution is -2.49. The van der Waals surface area contributed by atoms with E-state index in [2.05, 4.69) is 29.0 Å². The number of carbonyl (C=O) groups is 1. The minimum atomic E-state index is -0.180. The van der Waals surface area contributed by atoms with Crippen LogP contribution in [0.25, 0.3) is 0 Å². The molecule has 5 nitrogen and oxygen atoms in total. The summed E-state index contributed by atoms with van der Waals surface area (Å²) in [5.74, 6) is 1.17. The third kappa shape index (κ3) is 7.68. The molecular weight excluding hydrogens is 369 g/mol. The van der Waals surface area contributed by atoms with Crippen LogP contribution in [0.1, 0.15) is 32.3 Å². The first-order valence-electron chi connectivity index (χ1n) is 11.1. The van der Waals surface area contributed by atoms with Crippen LogP contribution in [0.15, 0.2) is 24.3 Å². The van der Waals surface area contributed by atoms with Crippen molar-refractivity contribution in [3.8, 4) is 0 Å². The number of morpholine rings is 1. The Morgan fingerprint density at radius 3 is 2.59 bits per heavy atom. The first-order chi connectivity index (χ1) is 14.0. The Balaban J connectivity index is 1.32. The van der Waals surface area contributed by atoms with E-state index < -0.39 is 0 Å². The van der Waals surface area contributed by atoms with Crippen LogP contribution in [-0.2, 0) is 16.0 Å². The third-order valence-electron chi connectivity index (χ3n) is 5.89. The fourth-order valence-corrected chi connectivity index (χ4v) is 4.38. The van der Waals surface area contributed by atoms with Crippen molar-refractivity contribution in [2.75, 3.05) is 52.4 Å². The highest BCUT2D eigenvalue weighted by atomic mass is 19.1. The SMILES string of the molecule is CC(C)CN1CCOC(CNC(=O)CN2CCC(Cc3ccc(F)cc3)CC2)C1. The second-order valence-electron chi connectivity index (χ2n) is 9.00. The smallest absolute Gasteiger partial charge is 0.234 e. The second kappa shape index (κ2) is 11.0. The number of nitrogens with zero attached hydrogens (tertiary/aromatic N) is 2. The van der Waals surface area contributed by atoms with Gasteiger partial charge < -0.3 is 10.1 Å². The number of halogens is 1. The van der Waals surface area contributed by atoms with Crippen LogP contribution in [0.3, 0.4) is 0 Å². The Kier molecular flexibility index (Phi) is 8.45. The Hall–Kier alpha value is -1.50. The molecule has 1 aromatic rings. The van der Waals surface area contributed by atoms with E-state index in [1.165, 1.54) is 17.7 Å². The molecule has 6 heteroatoms. The molecule has 0 bridgehead atoms. The number of piperidine rings is 1. The summed E-state index contributed by atoms with van der Waals surface area (Å²) in [6, 6.07) is 6.83. The lowest BCUT2D eigenvalue weighted by molar-refractivity contribution is -0.123. The highest BCUT2D eigenvalue weighted by Crippen LogP contribution is 2.21. The van der Waals surface area contributed by atoms with Gasteiger partial charge in [-0.15, -0.1) is 0 Å². The van der Waals surface area contributed by atoms with Gasteiger partial charge in [-0.05, 0) is 61.9 Å². The maximum atomic E-state index is 13.0.